The molecule has 0 aromatic heterocycles. The van der Waals surface area contributed by atoms with Gasteiger partial charge in [0.2, 0.25) is 0 Å². The fourth-order valence-electron chi connectivity index (χ4n) is 11.3. The average Bonchev–Trinajstić information content (AvgIpc) is 3.72. The predicted octanol–water partition coefficient (Wildman–Crippen LogP) is 18.0. The number of hydrogen-bond donors (Lipinski definition) is 0. The van der Waals surface area contributed by atoms with Gasteiger partial charge in [0, 0.05) is 22.3 Å². The largest absolute Gasteiger partial charge is 0.309 e. The molecule has 0 aliphatic heterocycles. The van der Waals surface area contributed by atoms with Crippen molar-refractivity contribution < 1.29 is 0 Å². The minimum absolute atomic E-state index is 0.559. The molecular formula is C67H45N. The molecule has 68 heavy (non-hydrogen) atoms. The normalized spacial score (nSPS) is 12.5. The Hall–Kier alpha value is -8.78. The molecule has 0 saturated carbocycles. The lowest BCUT2D eigenvalue weighted by atomic mass is 9.67. The summed E-state index contributed by atoms with van der Waals surface area (Å²) in [6, 6.07) is 101. The van der Waals surface area contributed by atoms with Gasteiger partial charge in [-0.25, -0.2) is 0 Å². The van der Waals surface area contributed by atoms with Crippen LogP contribution in [0.25, 0.3) is 76.8 Å². The molecule has 0 fully saturated rings. The minimum Gasteiger partial charge on any atom is -0.309 e. The molecule has 0 radical (unpaired) electrons. The molecule has 0 amide bonds. The summed E-state index contributed by atoms with van der Waals surface area (Å²) in [5.74, 6) is 0. The van der Waals surface area contributed by atoms with E-state index in [1.165, 1.54) is 99.1 Å². The lowest BCUT2D eigenvalue weighted by Crippen LogP contribution is -2.28. The Morgan fingerprint density at radius 3 is 1.47 bits per heavy atom. The Morgan fingerprint density at radius 1 is 0.265 bits per heavy atom. The summed E-state index contributed by atoms with van der Waals surface area (Å²) in [6.07, 6.45) is 0. The molecule has 0 unspecified atom stereocenters. The number of fused-ring (bicyclic) bond motifs is 7. The second kappa shape index (κ2) is 16.3. The first-order valence-electron chi connectivity index (χ1n) is 23.6. The van der Waals surface area contributed by atoms with E-state index in [0.29, 0.717) is 0 Å². The molecule has 1 heteroatoms. The third-order valence-corrected chi connectivity index (χ3v) is 14.3. The SMILES string of the molecule is c1ccc(-c2cccc(-c3ccc(N(c4ccc5c(c4)C(c4ccccc4)(c4ccccc4)c4ccccc4-5)c4c(-c5ccc6ccccc6c5)c5ccccc5c5ccccc45)cc3)c2)cc1. The molecule has 1 aliphatic rings. The van der Waals surface area contributed by atoms with E-state index in [-0.39, 0.29) is 0 Å². The molecular weight excluding hydrogens is 819 g/mol. The molecule has 12 aromatic rings. The molecule has 0 bridgehead atoms. The molecule has 0 spiro atoms. The second-order valence-electron chi connectivity index (χ2n) is 18.0. The van der Waals surface area contributed by atoms with Gasteiger partial charge < -0.3 is 4.90 Å². The Labute approximate surface area is 397 Å². The highest BCUT2D eigenvalue weighted by atomic mass is 15.1. The lowest BCUT2D eigenvalue weighted by Gasteiger charge is -2.35. The van der Waals surface area contributed by atoms with Crippen molar-refractivity contribution in [3.63, 3.8) is 0 Å². The van der Waals surface area contributed by atoms with E-state index in [2.05, 4.69) is 278 Å². The van der Waals surface area contributed by atoms with Crippen molar-refractivity contribution in [1.82, 2.24) is 0 Å². The summed E-state index contributed by atoms with van der Waals surface area (Å²) in [6.45, 7) is 0. The zero-order chi connectivity index (χ0) is 45.0. The van der Waals surface area contributed by atoms with E-state index in [0.717, 1.165) is 17.1 Å². The van der Waals surface area contributed by atoms with Crippen molar-refractivity contribution in [3.8, 4) is 44.5 Å². The maximum Gasteiger partial charge on any atom is 0.0714 e. The second-order valence-corrected chi connectivity index (χ2v) is 18.0. The lowest BCUT2D eigenvalue weighted by molar-refractivity contribution is 0.768. The van der Waals surface area contributed by atoms with E-state index in [4.69, 9.17) is 0 Å². The maximum absolute atomic E-state index is 2.55. The van der Waals surface area contributed by atoms with Crippen LogP contribution in [-0.4, -0.2) is 0 Å². The third-order valence-electron chi connectivity index (χ3n) is 14.3. The van der Waals surface area contributed by atoms with Crippen molar-refractivity contribution >= 4 is 49.4 Å². The van der Waals surface area contributed by atoms with Crippen LogP contribution >= 0.6 is 0 Å². The molecule has 1 nitrogen and oxygen atoms in total. The summed E-state index contributed by atoms with van der Waals surface area (Å²) in [5, 5.41) is 7.30. The van der Waals surface area contributed by atoms with Crippen molar-refractivity contribution in [2.24, 2.45) is 0 Å². The van der Waals surface area contributed by atoms with E-state index in [9.17, 15) is 0 Å². The van der Waals surface area contributed by atoms with Crippen LogP contribution < -0.4 is 4.90 Å². The summed E-state index contributed by atoms with van der Waals surface area (Å²) < 4.78 is 0. The van der Waals surface area contributed by atoms with Crippen LogP contribution in [0, 0.1) is 0 Å². The van der Waals surface area contributed by atoms with E-state index in [1.54, 1.807) is 0 Å². The van der Waals surface area contributed by atoms with Gasteiger partial charge in [-0.05, 0) is 125 Å². The molecule has 0 saturated heterocycles. The first-order chi connectivity index (χ1) is 33.7. The molecule has 318 valence electrons. The molecule has 0 heterocycles. The number of anilines is 3. The van der Waals surface area contributed by atoms with Gasteiger partial charge in [0.25, 0.3) is 0 Å². The highest BCUT2D eigenvalue weighted by Crippen LogP contribution is 2.58. The standard InChI is InChI=1S/C67H45N/c1-4-19-46(20-5-1)50-23-18-24-51(43-50)48-37-39-55(40-38-48)68(66-62-33-15-13-30-58(62)57-29-12-14-32-61(57)65(66)52-36-35-47-21-10-11-22-49(47)44-52)56-41-42-60-59-31-16-17-34-63(59)67(64(60)45-56,53-25-6-2-7-26-53)54-27-8-3-9-28-54/h1-45H. The van der Waals surface area contributed by atoms with E-state index in [1.807, 2.05) is 0 Å². The van der Waals surface area contributed by atoms with Gasteiger partial charge in [-0.15, -0.1) is 0 Å². The van der Waals surface area contributed by atoms with Crippen LogP contribution in [0.2, 0.25) is 0 Å². The summed E-state index contributed by atoms with van der Waals surface area (Å²) >= 11 is 0. The quantitative estimate of drug-likeness (QED) is 0.138. The van der Waals surface area contributed by atoms with Gasteiger partial charge in [-0.3, -0.25) is 0 Å². The Balaban J connectivity index is 1.11. The average molecular weight is 864 g/mol. The van der Waals surface area contributed by atoms with Crippen LogP contribution in [0.3, 0.4) is 0 Å². The zero-order valence-corrected chi connectivity index (χ0v) is 37.4. The fraction of sp³-hybridized carbons (Fsp3) is 0.0149. The van der Waals surface area contributed by atoms with Crippen LogP contribution in [0.5, 0.6) is 0 Å². The molecule has 13 rings (SSSR count). The van der Waals surface area contributed by atoms with Gasteiger partial charge in [0.15, 0.2) is 0 Å². The van der Waals surface area contributed by atoms with Crippen molar-refractivity contribution in [2.45, 2.75) is 5.41 Å². The van der Waals surface area contributed by atoms with Crippen molar-refractivity contribution in [3.05, 3.63) is 295 Å². The third kappa shape index (κ3) is 6.32. The fourth-order valence-corrected chi connectivity index (χ4v) is 11.3. The van der Waals surface area contributed by atoms with Crippen molar-refractivity contribution in [2.75, 3.05) is 4.90 Å². The smallest absolute Gasteiger partial charge is 0.0714 e. The van der Waals surface area contributed by atoms with Gasteiger partial charge >= 0.3 is 0 Å². The van der Waals surface area contributed by atoms with Crippen LogP contribution in [0.15, 0.2) is 273 Å². The summed E-state index contributed by atoms with van der Waals surface area (Å²) in [4.78, 5) is 2.55. The summed E-state index contributed by atoms with van der Waals surface area (Å²) in [7, 11) is 0. The highest BCUT2D eigenvalue weighted by Gasteiger charge is 2.46. The Kier molecular flexibility index (Phi) is 9.47. The predicted molar refractivity (Wildman–Crippen MR) is 287 cm³/mol. The Morgan fingerprint density at radius 2 is 0.765 bits per heavy atom. The minimum atomic E-state index is -0.559. The molecule has 12 aromatic carbocycles. The van der Waals surface area contributed by atoms with Gasteiger partial charge in [-0.2, -0.15) is 0 Å². The van der Waals surface area contributed by atoms with Crippen LogP contribution in [0.1, 0.15) is 22.3 Å². The number of rotatable bonds is 8. The van der Waals surface area contributed by atoms with Gasteiger partial charge in [-0.1, -0.05) is 237 Å². The van der Waals surface area contributed by atoms with Crippen molar-refractivity contribution in [1.29, 1.82) is 0 Å². The molecule has 0 N–H and O–H groups in total. The monoisotopic (exact) mass is 863 g/mol. The van der Waals surface area contributed by atoms with Gasteiger partial charge in [0.05, 0.1) is 11.1 Å². The van der Waals surface area contributed by atoms with Gasteiger partial charge in [0.1, 0.15) is 0 Å². The summed E-state index contributed by atoms with van der Waals surface area (Å²) in [5.41, 5.74) is 17.5. The molecule has 0 atom stereocenters. The van der Waals surface area contributed by atoms with E-state index < -0.39 is 5.41 Å². The number of nitrogens with zero attached hydrogens (tertiary/aromatic N) is 1. The van der Waals surface area contributed by atoms with E-state index >= 15 is 0 Å². The Bertz CT molecular complexity index is 3800. The van der Waals surface area contributed by atoms with Crippen LogP contribution in [0.4, 0.5) is 17.1 Å². The maximum atomic E-state index is 2.55. The highest BCUT2D eigenvalue weighted by molar-refractivity contribution is 6.23. The number of benzene rings is 12. The topological polar surface area (TPSA) is 3.24 Å². The number of hydrogen-bond acceptors (Lipinski definition) is 1. The first kappa shape index (κ1) is 39.6. The first-order valence-corrected chi connectivity index (χ1v) is 23.6. The molecule has 1 aliphatic carbocycles. The zero-order valence-electron chi connectivity index (χ0n) is 37.4. The van der Waals surface area contributed by atoms with Crippen LogP contribution in [-0.2, 0) is 5.41 Å².